The topological polar surface area (TPSA) is 76.2 Å². The molecule has 0 aliphatic carbocycles. The number of hydrogen-bond acceptors (Lipinski definition) is 4. The predicted molar refractivity (Wildman–Crippen MR) is 44.2 cm³/mol. The first-order valence-electron chi connectivity index (χ1n) is 3.81. The van der Waals surface area contributed by atoms with E-state index in [1.807, 2.05) is 0 Å². The van der Waals surface area contributed by atoms with Gasteiger partial charge in [0.1, 0.15) is 0 Å². The molecular weight excluding hydrogens is 172 g/mol. The van der Waals surface area contributed by atoms with Crippen molar-refractivity contribution in [1.82, 2.24) is 10.1 Å². The van der Waals surface area contributed by atoms with Crippen LogP contribution in [0, 0.1) is 6.92 Å². The summed E-state index contributed by atoms with van der Waals surface area (Å²) in [5.41, 5.74) is 0. The molecule has 0 aliphatic rings. The van der Waals surface area contributed by atoms with Crippen LogP contribution in [-0.4, -0.2) is 21.2 Å². The van der Waals surface area contributed by atoms with Crippen LogP contribution in [0.1, 0.15) is 24.6 Å². The summed E-state index contributed by atoms with van der Waals surface area (Å²) in [7, 11) is 0. The van der Waals surface area contributed by atoms with Crippen molar-refractivity contribution >= 4 is 5.97 Å². The maximum atomic E-state index is 10.2. The number of carboxylic acids is 1. The normalized spacial score (nSPS) is 13.4. The van der Waals surface area contributed by atoms with Gasteiger partial charge in [0, 0.05) is 18.9 Å². The van der Waals surface area contributed by atoms with E-state index in [1.54, 1.807) is 13.8 Å². The smallest absolute Gasteiger partial charge is 0.327 e. The number of allylic oxidation sites excluding steroid dienone is 1. The van der Waals surface area contributed by atoms with E-state index in [0.29, 0.717) is 11.7 Å². The van der Waals surface area contributed by atoms with Crippen molar-refractivity contribution < 1.29 is 14.4 Å². The fourth-order valence-electron chi connectivity index (χ4n) is 0.813. The van der Waals surface area contributed by atoms with Gasteiger partial charge in [0.25, 0.3) is 0 Å². The Hall–Kier alpha value is -1.65. The van der Waals surface area contributed by atoms with E-state index in [1.165, 1.54) is 6.08 Å². The van der Waals surface area contributed by atoms with Crippen molar-refractivity contribution in [3.8, 4) is 0 Å². The van der Waals surface area contributed by atoms with Crippen molar-refractivity contribution in [2.45, 2.75) is 19.8 Å². The minimum absolute atomic E-state index is 0.145. The van der Waals surface area contributed by atoms with E-state index in [-0.39, 0.29) is 5.92 Å². The van der Waals surface area contributed by atoms with E-state index in [9.17, 15) is 4.79 Å². The number of carboxylic acid groups (broad SMARTS) is 1. The number of rotatable bonds is 3. The summed E-state index contributed by atoms with van der Waals surface area (Å²) >= 11 is 0. The van der Waals surface area contributed by atoms with Crippen molar-refractivity contribution in [3.05, 3.63) is 23.9 Å². The van der Waals surface area contributed by atoms with Crippen LogP contribution in [0.15, 0.2) is 16.7 Å². The monoisotopic (exact) mass is 182 g/mol. The minimum atomic E-state index is -0.980. The van der Waals surface area contributed by atoms with Crippen molar-refractivity contribution in [2.24, 2.45) is 0 Å². The molecule has 0 aromatic carbocycles. The van der Waals surface area contributed by atoms with Gasteiger partial charge in [-0.2, -0.15) is 4.98 Å². The molecule has 1 N–H and O–H groups in total. The molecule has 13 heavy (non-hydrogen) atoms. The third-order valence-corrected chi connectivity index (χ3v) is 1.48. The first kappa shape index (κ1) is 9.44. The lowest BCUT2D eigenvalue weighted by atomic mass is 10.1. The summed E-state index contributed by atoms with van der Waals surface area (Å²) in [4.78, 5) is 14.2. The molecule has 70 valence electrons. The van der Waals surface area contributed by atoms with Crippen LogP contribution in [0.25, 0.3) is 0 Å². The first-order chi connectivity index (χ1) is 6.09. The van der Waals surface area contributed by atoms with Crippen LogP contribution in [0.5, 0.6) is 0 Å². The highest BCUT2D eigenvalue weighted by molar-refractivity contribution is 5.79. The Morgan fingerprint density at radius 2 is 2.38 bits per heavy atom. The molecule has 0 spiro atoms. The quantitative estimate of drug-likeness (QED) is 0.709. The van der Waals surface area contributed by atoms with Crippen LogP contribution >= 0.6 is 0 Å². The second kappa shape index (κ2) is 3.84. The lowest BCUT2D eigenvalue weighted by molar-refractivity contribution is -0.131. The number of aryl methyl sites for hydroxylation is 1. The molecule has 0 bridgehead atoms. The summed E-state index contributed by atoms with van der Waals surface area (Å²) in [5, 5.41) is 12.0. The number of aromatic nitrogens is 2. The maximum absolute atomic E-state index is 10.2. The third-order valence-electron chi connectivity index (χ3n) is 1.48. The highest BCUT2D eigenvalue weighted by Gasteiger charge is 2.08. The van der Waals surface area contributed by atoms with Gasteiger partial charge in [-0.05, 0) is 0 Å². The molecule has 0 fully saturated rings. The zero-order valence-corrected chi connectivity index (χ0v) is 7.39. The molecule has 0 aliphatic heterocycles. The van der Waals surface area contributed by atoms with E-state index < -0.39 is 5.97 Å². The maximum Gasteiger partial charge on any atom is 0.327 e. The molecule has 1 aromatic heterocycles. The van der Waals surface area contributed by atoms with Gasteiger partial charge in [0.2, 0.25) is 5.89 Å². The van der Waals surface area contributed by atoms with E-state index in [2.05, 4.69) is 10.1 Å². The van der Waals surface area contributed by atoms with Crippen LogP contribution < -0.4 is 0 Å². The molecule has 5 heteroatoms. The predicted octanol–water partition coefficient (Wildman–Crippen LogP) is 1.12. The van der Waals surface area contributed by atoms with Crippen molar-refractivity contribution in [3.63, 3.8) is 0 Å². The highest BCUT2D eigenvalue weighted by Crippen LogP contribution is 2.11. The molecular formula is C8H10N2O3. The van der Waals surface area contributed by atoms with Gasteiger partial charge in [-0.25, -0.2) is 4.79 Å². The summed E-state index contributed by atoms with van der Waals surface area (Å²) in [6.07, 6.45) is 2.57. The lowest BCUT2D eigenvalue weighted by Crippen LogP contribution is -1.94. The Balaban J connectivity index is 2.68. The van der Waals surface area contributed by atoms with Crippen LogP contribution in [0.4, 0.5) is 0 Å². The van der Waals surface area contributed by atoms with Crippen LogP contribution in [-0.2, 0) is 4.79 Å². The minimum Gasteiger partial charge on any atom is -0.478 e. The fourth-order valence-corrected chi connectivity index (χ4v) is 0.813. The fraction of sp³-hybridized carbons (Fsp3) is 0.375. The van der Waals surface area contributed by atoms with Crippen LogP contribution in [0.3, 0.4) is 0 Å². The van der Waals surface area contributed by atoms with E-state index in [4.69, 9.17) is 9.63 Å². The zero-order valence-electron chi connectivity index (χ0n) is 7.39. The number of carbonyl (C=O) groups is 1. The van der Waals surface area contributed by atoms with Gasteiger partial charge >= 0.3 is 5.97 Å². The molecule has 0 saturated heterocycles. The summed E-state index contributed by atoms with van der Waals surface area (Å²) < 4.78 is 4.75. The summed E-state index contributed by atoms with van der Waals surface area (Å²) in [6, 6.07) is 0. The first-order valence-corrected chi connectivity index (χ1v) is 3.81. The molecule has 1 heterocycles. The Kier molecular flexibility index (Phi) is 2.79. The second-order valence-electron chi connectivity index (χ2n) is 2.66. The standard InChI is InChI=1S/C8H10N2O3/c1-5(3-4-7(11)12)8-9-6(2)13-10-8/h3-5H,1-2H3,(H,11,12)/b4-3-/t5-/m0/s1. The summed E-state index contributed by atoms with van der Waals surface area (Å²) in [6.45, 7) is 3.48. The number of nitrogens with zero attached hydrogens (tertiary/aromatic N) is 2. The largest absolute Gasteiger partial charge is 0.478 e. The highest BCUT2D eigenvalue weighted by atomic mass is 16.5. The number of aliphatic carboxylic acids is 1. The molecule has 0 radical (unpaired) electrons. The Bertz CT molecular complexity index is 330. The summed E-state index contributed by atoms with van der Waals surface area (Å²) in [5.74, 6) is -0.152. The zero-order chi connectivity index (χ0) is 9.84. The molecule has 0 saturated carbocycles. The van der Waals surface area contributed by atoms with Crippen LogP contribution in [0.2, 0.25) is 0 Å². The molecule has 5 nitrogen and oxygen atoms in total. The second-order valence-corrected chi connectivity index (χ2v) is 2.66. The average molecular weight is 182 g/mol. The van der Waals surface area contributed by atoms with Gasteiger partial charge in [0.05, 0.1) is 0 Å². The van der Waals surface area contributed by atoms with Gasteiger partial charge in [-0.1, -0.05) is 18.2 Å². The molecule has 0 unspecified atom stereocenters. The molecule has 1 atom stereocenters. The lowest BCUT2D eigenvalue weighted by Gasteiger charge is -1.95. The SMILES string of the molecule is Cc1nc([C@@H](C)/C=C\C(=O)O)no1. The van der Waals surface area contributed by atoms with Gasteiger partial charge in [-0.3, -0.25) is 0 Å². The van der Waals surface area contributed by atoms with Gasteiger partial charge in [-0.15, -0.1) is 0 Å². The van der Waals surface area contributed by atoms with E-state index in [0.717, 1.165) is 6.08 Å². The third kappa shape index (κ3) is 2.70. The molecule has 0 amide bonds. The number of hydrogen-bond donors (Lipinski definition) is 1. The van der Waals surface area contributed by atoms with Gasteiger partial charge in [0.15, 0.2) is 5.82 Å². The van der Waals surface area contributed by atoms with Gasteiger partial charge < -0.3 is 9.63 Å². The Morgan fingerprint density at radius 3 is 2.85 bits per heavy atom. The Morgan fingerprint density at radius 1 is 1.69 bits per heavy atom. The molecule has 1 rings (SSSR count). The van der Waals surface area contributed by atoms with E-state index >= 15 is 0 Å². The van der Waals surface area contributed by atoms with Crippen molar-refractivity contribution in [1.29, 1.82) is 0 Å². The van der Waals surface area contributed by atoms with Crippen molar-refractivity contribution in [2.75, 3.05) is 0 Å². The molecule has 1 aromatic rings. The average Bonchev–Trinajstić information content (AvgIpc) is 2.47. The Labute approximate surface area is 75.1 Å².